The van der Waals surface area contributed by atoms with Gasteiger partial charge in [-0.05, 0) is 24.3 Å². The van der Waals surface area contributed by atoms with Crippen LogP contribution in [0, 0.1) is 17.2 Å². The van der Waals surface area contributed by atoms with Crippen LogP contribution in [0.1, 0.15) is 32.1 Å². The second kappa shape index (κ2) is 5.18. The smallest absolute Gasteiger partial charge is 0.0677 e. The molecular formula is C12H16N2S. The molecule has 0 bridgehead atoms. The number of hydrogen-bond acceptors (Lipinski definition) is 3. The van der Waals surface area contributed by atoms with Crippen LogP contribution in [0.25, 0.3) is 0 Å². The van der Waals surface area contributed by atoms with Gasteiger partial charge in [-0.3, -0.25) is 0 Å². The van der Waals surface area contributed by atoms with Gasteiger partial charge in [0.1, 0.15) is 0 Å². The predicted molar refractivity (Wildman–Crippen MR) is 63.9 cm³/mol. The normalized spacial score (nSPS) is 26.6. The van der Waals surface area contributed by atoms with Crippen LogP contribution in [0.3, 0.4) is 0 Å². The summed E-state index contributed by atoms with van der Waals surface area (Å²) in [7, 11) is 0. The fraction of sp³-hybridized carbons (Fsp3) is 0.583. The van der Waals surface area contributed by atoms with E-state index in [1.54, 1.807) is 11.3 Å². The summed E-state index contributed by atoms with van der Waals surface area (Å²) in [5, 5.41) is 16.8. The van der Waals surface area contributed by atoms with Crippen molar-refractivity contribution in [2.45, 2.75) is 38.1 Å². The topological polar surface area (TPSA) is 35.8 Å². The van der Waals surface area contributed by atoms with E-state index in [2.05, 4.69) is 28.2 Å². The van der Waals surface area contributed by atoms with Gasteiger partial charge in [0.2, 0.25) is 0 Å². The van der Waals surface area contributed by atoms with E-state index in [1.165, 1.54) is 24.9 Å². The lowest BCUT2D eigenvalue weighted by Crippen LogP contribution is -2.26. The molecule has 1 N–H and O–H groups in total. The molecule has 0 aromatic carbocycles. The molecule has 0 aliphatic heterocycles. The minimum absolute atomic E-state index is 0.187. The Bertz CT molecular complexity index is 326. The van der Waals surface area contributed by atoms with Gasteiger partial charge < -0.3 is 5.32 Å². The van der Waals surface area contributed by atoms with Crippen LogP contribution in [0.5, 0.6) is 0 Å². The molecule has 0 saturated heterocycles. The minimum Gasteiger partial charge on any atom is -0.380 e. The van der Waals surface area contributed by atoms with Crippen molar-refractivity contribution in [3.63, 3.8) is 0 Å². The first-order valence-electron chi connectivity index (χ1n) is 5.58. The molecule has 80 valence electrons. The lowest BCUT2D eigenvalue weighted by atomic mass is 9.96. The fourth-order valence-electron chi connectivity index (χ4n) is 2.20. The van der Waals surface area contributed by atoms with Crippen LogP contribution < -0.4 is 5.32 Å². The molecule has 0 spiro atoms. The summed E-state index contributed by atoms with van der Waals surface area (Å²) in [6.07, 6.45) is 5.92. The third-order valence-electron chi connectivity index (χ3n) is 3.06. The molecule has 2 nitrogen and oxygen atoms in total. The van der Waals surface area contributed by atoms with Crippen molar-refractivity contribution in [3.05, 3.63) is 16.8 Å². The molecule has 1 aliphatic rings. The van der Waals surface area contributed by atoms with Crippen LogP contribution in [0.4, 0.5) is 5.69 Å². The number of hydrogen-bond donors (Lipinski definition) is 1. The van der Waals surface area contributed by atoms with E-state index in [1.807, 2.05) is 0 Å². The third-order valence-corrected chi connectivity index (χ3v) is 3.74. The van der Waals surface area contributed by atoms with Crippen molar-refractivity contribution in [3.8, 4) is 6.07 Å². The number of nitrogens with one attached hydrogen (secondary N) is 1. The van der Waals surface area contributed by atoms with Gasteiger partial charge in [-0.25, -0.2) is 0 Å². The van der Waals surface area contributed by atoms with Crippen molar-refractivity contribution in [2.75, 3.05) is 5.32 Å². The molecule has 1 aromatic rings. The van der Waals surface area contributed by atoms with E-state index in [0.717, 1.165) is 12.8 Å². The second-order valence-corrected chi connectivity index (χ2v) is 4.92. The predicted octanol–water partition coefficient (Wildman–Crippen LogP) is 3.63. The van der Waals surface area contributed by atoms with Gasteiger partial charge in [0.15, 0.2) is 0 Å². The molecule has 2 atom stereocenters. The third kappa shape index (κ3) is 2.73. The highest BCUT2D eigenvalue weighted by Crippen LogP contribution is 2.26. The highest BCUT2D eigenvalue weighted by atomic mass is 32.1. The quantitative estimate of drug-likeness (QED) is 0.772. The maximum Gasteiger partial charge on any atom is 0.0677 e. The van der Waals surface area contributed by atoms with Crippen LogP contribution in [-0.2, 0) is 0 Å². The Kier molecular flexibility index (Phi) is 3.63. The maximum absolute atomic E-state index is 9.13. The van der Waals surface area contributed by atoms with Gasteiger partial charge in [0.25, 0.3) is 0 Å². The van der Waals surface area contributed by atoms with Gasteiger partial charge in [-0.2, -0.15) is 16.6 Å². The first-order valence-corrected chi connectivity index (χ1v) is 6.53. The number of nitriles is 1. The number of anilines is 1. The molecule has 1 aliphatic carbocycles. The minimum atomic E-state index is 0.187. The lowest BCUT2D eigenvalue weighted by molar-refractivity contribution is 0.514. The van der Waals surface area contributed by atoms with Gasteiger partial charge >= 0.3 is 0 Å². The van der Waals surface area contributed by atoms with Crippen LogP contribution >= 0.6 is 11.3 Å². The highest BCUT2D eigenvalue weighted by molar-refractivity contribution is 7.08. The van der Waals surface area contributed by atoms with E-state index in [4.69, 9.17) is 5.26 Å². The summed E-state index contributed by atoms with van der Waals surface area (Å²) in [5.41, 5.74) is 1.17. The first-order chi connectivity index (χ1) is 7.40. The van der Waals surface area contributed by atoms with E-state index in [9.17, 15) is 0 Å². The Morgan fingerprint density at radius 3 is 2.93 bits per heavy atom. The maximum atomic E-state index is 9.13. The Morgan fingerprint density at radius 1 is 1.33 bits per heavy atom. The monoisotopic (exact) mass is 220 g/mol. The summed E-state index contributed by atoms with van der Waals surface area (Å²) in [4.78, 5) is 0. The van der Waals surface area contributed by atoms with Gasteiger partial charge in [0, 0.05) is 17.1 Å². The molecule has 0 amide bonds. The summed E-state index contributed by atoms with van der Waals surface area (Å²) < 4.78 is 0. The molecule has 2 unspecified atom stereocenters. The Hall–Kier alpha value is -1.01. The lowest BCUT2D eigenvalue weighted by Gasteiger charge is -2.21. The number of nitrogens with zero attached hydrogens (tertiary/aromatic N) is 1. The first kappa shape index (κ1) is 10.5. The van der Waals surface area contributed by atoms with Crippen molar-refractivity contribution >= 4 is 17.0 Å². The van der Waals surface area contributed by atoms with E-state index in [-0.39, 0.29) is 5.92 Å². The van der Waals surface area contributed by atoms with Crippen molar-refractivity contribution in [2.24, 2.45) is 5.92 Å². The van der Waals surface area contributed by atoms with Gasteiger partial charge in [0.05, 0.1) is 12.0 Å². The number of rotatable bonds is 2. The molecule has 2 rings (SSSR count). The van der Waals surface area contributed by atoms with Crippen molar-refractivity contribution in [1.29, 1.82) is 5.26 Å². The summed E-state index contributed by atoms with van der Waals surface area (Å²) in [5.74, 6) is 0.187. The molecular weight excluding hydrogens is 204 g/mol. The zero-order chi connectivity index (χ0) is 10.5. The molecule has 1 fully saturated rings. The van der Waals surface area contributed by atoms with E-state index in [0.29, 0.717) is 6.04 Å². The SMILES string of the molecule is N#CC1CCCCCC1Nc1ccsc1. The average molecular weight is 220 g/mol. The summed E-state index contributed by atoms with van der Waals surface area (Å²) >= 11 is 1.70. The highest BCUT2D eigenvalue weighted by Gasteiger charge is 2.23. The average Bonchev–Trinajstić information content (AvgIpc) is 2.64. The zero-order valence-electron chi connectivity index (χ0n) is 8.78. The Labute approximate surface area is 94.9 Å². The Balaban J connectivity index is 2.01. The molecule has 1 aromatic heterocycles. The molecule has 0 radical (unpaired) electrons. The van der Waals surface area contributed by atoms with Gasteiger partial charge in [-0.1, -0.05) is 19.3 Å². The van der Waals surface area contributed by atoms with Crippen molar-refractivity contribution in [1.82, 2.24) is 0 Å². The molecule has 1 heterocycles. The molecule has 1 saturated carbocycles. The van der Waals surface area contributed by atoms with E-state index < -0.39 is 0 Å². The van der Waals surface area contributed by atoms with Crippen LogP contribution in [0.15, 0.2) is 16.8 Å². The van der Waals surface area contributed by atoms with E-state index >= 15 is 0 Å². The fourth-order valence-corrected chi connectivity index (χ4v) is 2.79. The van der Waals surface area contributed by atoms with Gasteiger partial charge in [-0.15, -0.1) is 0 Å². The second-order valence-electron chi connectivity index (χ2n) is 4.14. The number of thiophene rings is 1. The standard InChI is InChI=1S/C12H16N2S/c13-8-10-4-2-1-3-5-12(10)14-11-6-7-15-9-11/h6-7,9-10,12,14H,1-5H2. The zero-order valence-corrected chi connectivity index (χ0v) is 9.59. The molecule has 15 heavy (non-hydrogen) atoms. The van der Waals surface area contributed by atoms with Crippen molar-refractivity contribution < 1.29 is 0 Å². The summed E-state index contributed by atoms with van der Waals surface area (Å²) in [6, 6.07) is 4.89. The van der Waals surface area contributed by atoms with Crippen LogP contribution in [0.2, 0.25) is 0 Å². The summed E-state index contributed by atoms with van der Waals surface area (Å²) in [6.45, 7) is 0. The Morgan fingerprint density at radius 2 is 2.20 bits per heavy atom. The molecule has 3 heteroatoms. The van der Waals surface area contributed by atoms with Crippen LogP contribution in [-0.4, -0.2) is 6.04 Å². The largest absolute Gasteiger partial charge is 0.380 e.